The number of hydrogen-bond acceptors (Lipinski definition) is 4. The number of rotatable bonds is 5. The van der Waals surface area contributed by atoms with Gasteiger partial charge in [0.2, 0.25) is 0 Å². The van der Waals surface area contributed by atoms with E-state index < -0.39 is 0 Å². The molecule has 0 radical (unpaired) electrons. The van der Waals surface area contributed by atoms with Gasteiger partial charge in [-0.2, -0.15) is 0 Å². The normalized spacial score (nSPS) is 11.8. The van der Waals surface area contributed by atoms with Crippen LogP contribution in [0.2, 0.25) is 0 Å². The van der Waals surface area contributed by atoms with Crippen molar-refractivity contribution >= 4 is 0 Å². The lowest BCUT2D eigenvalue weighted by atomic mass is 10.0. The van der Waals surface area contributed by atoms with Gasteiger partial charge in [-0.15, -0.1) is 6.58 Å². The zero-order valence-electron chi connectivity index (χ0n) is 9.82. The van der Waals surface area contributed by atoms with Gasteiger partial charge >= 0.3 is 0 Å². The average molecular weight is 223 g/mol. The number of methoxy groups -OCH3 is 3. The minimum Gasteiger partial charge on any atom is -0.496 e. The highest BCUT2D eigenvalue weighted by Crippen LogP contribution is 2.37. The topological polar surface area (TPSA) is 53.7 Å². The summed E-state index contributed by atoms with van der Waals surface area (Å²) in [7, 11) is 4.74. The van der Waals surface area contributed by atoms with Crippen LogP contribution < -0.4 is 19.9 Å². The lowest BCUT2D eigenvalue weighted by Gasteiger charge is -2.17. The molecule has 4 heteroatoms. The Morgan fingerprint density at radius 3 is 1.94 bits per heavy atom. The lowest BCUT2D eigenvalue weighted by molar-refractivity contribution is 0.367. The summed E-state index contributed by atoms with van der Waals surface area (Å²) in [4.78, 5) is 0. The smallest absolute Gasteiger partial charge is 0.131 e. The summed E-state index contributed by atoms with van der Waals surface area (Å²) in [5, 5.41) is 0. The predicted octanol–water partition coefficient (Wildman–Crippen LogP) is 1.90. The highest BCUT2D eigenvalue weighted by Gasteiger charge is 2.17. The average Bonchev–Trinajstić information content (AvgIpc) is 2.35. The van der Waals surface area contributed by atoms with Crippen LogP contribution in [0, 0.1) is 0 Å². The van der Waals surface area contributed by atoms with E-state index >= 15 is 0 Å². The fourth-order valence-electron chi connectivity index (χ4n) is 1.48. The molecular weight excluding hydrogens is 206 g/mol. The van der Waals surface area contributed by atoms with Gasteiger partial charge < -0.3 is 19.9 Å². The predicted molar refractivity (Wildman–Crippen MR) is 63.2 cm³/mol. The molecule has 1 rings (SSSR count). The van der Waals surface area contributed by atoms with Crippen molar-refractivity contribution in [1.82, 2.24) is 0 Å². The Morgan fingerprint density at radius 2 is 1.62 bits per heavy atom. The van der Waals surface area contributed by atoms with Gasteiger partial charge in [0.1, 0.15) is 17.2 Å². The van der Waals surface area contributed by atoms with Crippen LogP contribution in [0.3, 0.4) is 0 Å². The van der Waals surface area contributed by atoms with Gasteiger partial charge in [-0.1, -0.05) is 6.08 Å². The van der Waals surface area contributed by atoms with E-state index in [9.17, 15) is 0 Å². The monoisotopic (exact) mass is 223 g/mol. The highest BCUT2D eigenvalue weighted by atomic mass is 16.5. The Hall–Kier alpha value is -1.68. The zero-order valence-corrected chi connectivity index (χ0v) is 9.82. The van der Waals surface area contributed by atoms with Gasteiger partial charge in [-0.3, -0.25) is 0 Å². The van der Waals surface area contributed by atoms with Gasteiger partial charge in [0, 0.05) is 12.1 Å². The largest absolute Gasteiger partial charge is 0.496 e. The molecule has 1 atom stereocenters. The first kappa shape index (κ1) is 12.4. The second-order valence-electron chi connectivity index (χ2n) is 3.21. The molecule has 0 saturated heterocycles. The van der Waals surface area contributed by atoms with Crippen LogP contribution in [-0.2, 0) is 0 Å². The minimum absolute atomic E-state index is 0.337. The third kappa shape index (κ3) is 2.28. The molecule has 0 unspecified atom stereocenters. The second kappa shape index (κ2) is 5.42. The van der Waals surface area contributed by atoms with Crippen molar-refractivity contribution in [3.8, 4) is 17.2 Å². The third-order valence-electron chi connectivity index (χ3n) is 2.34. The molecule has 0 aromatic heterocycles. The second-order valence-corrected chi connectivity index (χ2v) is 3.21. The molecule has 0 fully saturated rings. The molecule has 0 saturated carbocycles. The summed E-state index contributed by atoms with van der Waals surface area (Å²) >= 11 is 0. The summed E-state index contributed by atoms with van der Waals surface area (Å²) in [5.74, 6) is 1.92. The Morgan fingerprint density at radius 1 is 1.12 bits per heavy atom. The minimum atomic E-state index is -0.337. The van der Waals surface area contributed by atoms with Gasteiger partial charge in [-0.05, 0) is 0 Å². The van der Waals surface area contributed by atoms with Crippen LogP contribution >= 0.6 is 0 Å². The first-order valence-electron chi connectivity index (χ1n) is 4.86. The molecule has 16 heavy (non-hydrogen) atoms. The zero-order chi connectivity index (χ0) is 12.1. The van der Waals surface area contributed by atoms with Gasteiger partial charge in [0.15, 0.2) is 0 Å². The summed E-state index contributed by atoms with van der Waals surface area (Å²) < 4.78 is 15.7. The van der Waals surface area contributed by atoms with E-state index in [1.807, 2.05) is 0 Å². The van der Waals surface area contributed by atoms with Crippen LogP contribution in [0.1, 0.15) is 11.6 Å². The van der Waals surface area contributed by atoms with Crippen LogP contribution in [0.5, 0.6) is 17.2 Å². The van der Waals surface area contributed by atoms with Crippen LogP contribution in [0.25, 0.3) is 0 Å². The number of ether oxygens (including phenoxy) is 3. The van der Waals surface area contributed by atoms with Crippen molar-refractivity contribution in [3.05, 3.63) is 30.4 Å². The Bertz CT molecular complexity index is 352. The molecule has 0 bridgehead atoms. The standard InChI is InChI=1S/C12H17NO3/c1-5-9(13)12-10(15-3)6-8(14-2)7-11(12)16-4/h5-7,9H,1,13H2,2-4H3/t9-/m1/s1. The molecule has 1 aromatic rings. The van der Waals surface area contributed by atoms with Crippen molar-refractivity contribution in [3.63, 3.8) is 0 Å². The molecular formula is C12H17NO3. The molecule has 0 amide bonds. The first-order chi connectivity index (χ1) is 7.67. The van der Waals surface area contributed by atoms with Crippen molar-refractivity contribution in [1.29, 1.82) is 0 Å². The molecule has 0 aliphatic rings. The molecule has 1 aromatic carbocycles. The number of hydrogen-bond donors (Lipinski definition) is 1. The summed E-state index contributed by atoms with van der Waals surface area (Å²) in [6.45, 7) is 3.66. The molecule has 0 spiro atoms. The highest BCUT2D eigenvalue weighted by molar-refractivity contribution is 5.53. The summed E-state index contributed by atoms with van der Waals surface area (Å²) in [6, 6.07) is 3.19. The van der Waals surface area contributed by atoms with Crippen molar-refractivity contribution in [2.45, 2.75) is 6.04 Å². The van der Waals surface area contributed by atoms with Crippen molar-refractivity contribution in [2.24, 2.45) is 5.73 Å². The summed E-state index contributed by atoms with van der Waals surface area (Å²) in [5.41, 5.74) is 6.68. The van der Waals surface area contributed by atoms with Gasteiger partial charge in [0.05, 0.1) is 32.9 Å². The Balaban J connectivity index is 3.36. The van der Waals surface area contributed by atoms with E-state index in [1.54, 1.807) is 39.5 Å². The Labute approximate surface area is 95.6 Å². The fourth-order valence-corrected chi connectivity index (χ4v) is 1.48. The van der Waals surface area contributed by atoms with Gasteiger partial charge in [0.25, 0.3) is 0 Å². The van der Waals surface area contributed by atoms with Crippen LogP contribution in [0.4, 0.5) is 0 Å². The first-order valence-corrected chi connectivity index (χ1v) is 4.86. The maximum Gasteiger partial charge on any atom is 0.131 e. The maximum atomic E-state index is 5.92. The molecule has 0 aliphatic carbocycles. The van der Waals surface area contributed by atoms with Gasteiger partial charge in [-0.25, -0.2) is 0 Å². The van der Waals surface area contributed by atoms with Crippen molar-refractivity contribution in [2.75, 3.05) is 21.3 Å². The third-order valence-corrected chi connectivity index (χ3v) is 2.34. The van der Waals surface area contributed by atoms with Crippen molar-refractivity contribution < 1.29 is 14.2 Å². The molecule has 0 aliphatic heterocycles. The van der Waals surface area contributed by atoms with E-state index in [0.717, 1.165) is 5.56 Å². The van der Waals surface area contributed by atoms with Crippen LogP contribution in [-0.4, -0.2) is 21.3 Å². The Kier molecular flexibility index (Phi) is 4.19. The molecule has 88 valence electrons. The summed E-state index contributed by atoms with van der Waals surface area (Å²) in [6.07, 6.45) is 1.63. The molecule has 4 nitrogen and oxygen atoms in total. The van der Waals surface area contributed by atoms with E-state index in [0.29, 0.717) is 17.2 Å². The fraction of sp³-hybridized carbons (Fsp3) is 0.333. The quantitative estimate of drug-likeness (QED) is 0.774. The van der Waals surface area contributed by atoms with E-state index in [-0.39, 0.29) is 6.04 Å². The lowest BCUT2D eigenvalue weighted by Crippen LogP contribution is -2.10. The molecule has 0 heterocycles. The number of nitrogens with two attached hydrogens (primary N) is 1. The molecule has 2 N–H and O–H groups in total. The van der Waals surface area contributed by atoms with E-state index in [4.69, 9.17) is 19.9 Å². The maximum absolute atomic E-state index is 5.92. The SMILES string of the molecule is C=C[C@@H](N)c1c(OC)cc(OC)cc1OC. The number of benzene rings is 1. The van der Waals surface area contributed by atoms with Crippen LogP contribution in [0.15, 0.2) is 24.8 Å². The van der Waals surface area contributed by atoms with E-state index in [1.165, 1.54) is 0 Å². The van der Waals surface area contributed by atoms with E-state index in [2.05, 4.69) is 6.58 Å².